The zero-order valence-corrected chi connectivity index (χ0v) is 7.92. The van der Waals surface area contributed by atoms with Gasteiger partial charge in [-0.1, -0.05) is 29.8 Å². The van der Waals surface area contributed by atoms with E-state index in [2.05, 4.69) is 36.5 Å². The second-order valence-electron chi connectivity index (χ2n) is 3.50. The molecule has 1 N–H and O–H groups in total. The van der Waals surface area contributed by atoms with E-state index in [9.17, 15) is 0 Å². The van der Waals surface area contributed by atoms with Gasteiger partial charge in [0.25, 0.3) is 0 Å². The van der Waals surface area contributed by atoms with E-state index < -0.39 is 0 Å². The number of rotatable bonds is 1. The first-order valence-electron chi connectivity index (χ1n) is 4.74. The van der Waals surface area contributed by atoms with Crippen molar-refractivity contribution in [3.63, 3.8) is 0 Å². The Morgan fingerprint density at radius 3 is 3.08 bits per heavy atom. The average Bonchev–Trinajstić information content (AvgIpc) is 2.19. The molecule has 1 atom stereocenters. The number of benzene rings is 1. The van der Waals surface area contributed by atoms with Gasteiger partial charge in [0.1, 0.15) is 0 Å². The van der Waals surface area contributed by atoms with Crippen LogP contribution in [0.25, 0.3) is 0 Å². The van der Waals surface area contributed by atoms with Crippen molar-refractivity contribution in [2.45, 2.75) is 13.0 Å². The highest BCUT2D eigenvalue weighted by Crippen LogP contribution is 2.16. The fourth-order valence-corrected chi connectivity index (χ4v) is 1.67. The summed E-state index contributed by atoms with van der Waals surface area (Å²) in [4.78, 5) is 0. The van der Waals surface area contributed by atoms with E-state index >= 15 is 0 Å². The summed E-state index contributed by atoms with van der Waals surface area (Å²) in [5, 5.41) is 3.44. The predicted molar refractivity (Wildman–Crippen MR) is 52.7 cm³/mol. The molecule has 1 aliphatic heterocycles. The first-order chi connectivity index (χ1) is 6.36. The van der Waals surface area contributed by atoms with Crippen LogP contribution in [0.15, 0.2) is 24.3 Å². The predicted octanol–water partition coefficient (Wildman–Crippen LogP) is 1.66. The molecule has 0 bridgehead atoms. The lowest BCUT2D eigenvalue weighted by Crippen LogP contribution is -2.34. The molecule has 2 heteroatoms. The second-order valence-corrected chi connectivity index (χ2v) is 3.50. The molecule has 1 aromatic carbocycles. The van der Waals surface area contributed by atoms with Gasteiger partial charge >= 0.3 is 0 Å². The molecular formula is C11H15NO. The van der Waals surface area contributed by atoms with Crippen LogP contribution in [-0.2, 0) is 4.74 Å². The maximum Gasteiger partial charge on any atom is 0.0662 e. The first kappa shape index (κ1) is 8.73. The van der Waals surface area contributed by atoms with Crippen molar-refractivity contribution in [2.75, 3.05) is 19.8 Å². The van der Waals surface area contributed by atoms with E-state index in [1.54, 1.807) is 0 Å². The van der Waals surface area contributed by atoms with Crippen molar-refractivity contribution in [1.82, 2.24) is 5.32 Å². The monoisotopic (exact) mass is 177 g/mol. The molecule has 13 heavy (non-hydrogen) atoms. The van der Waals surface area contributed by atoms with E-state index in [1.165, 1.54) is 11.1 Å². The summed E-state index contributed by atoms with van der Waals surface area (Å²) in [5.41, 5.74) is 2.64. The fraction of sp³-hybridized carbons (Fsp3) is 0.455. The van der Waals surface area contributed by atoms with Crippen LogP contribution in [0.2, 0.25) is 0 Å². The number of nitrogens with one attached hydrogen (secondary N) is 1. The summed E-state index contributed by atoms with van der Waals surface area (Å²) < 4.78 is 5.41. The maximum absolute atomic E-state index is 5.41. The summed E-state index contributed by atoms with van der Waals surface area (Å²) >= 11 is 0. The minimum absolute atomic E-state index is 0.383. The third-order valence-corrected chi connectivity index (χ3v) is 2.37. The number of morpholine rings is 1. The molecule has 1 saturated heterocycles. The normalized spacial score (nSPS) is 23.0. The van der Waals surface area contributed by atoms with Crippen LogP contribution in [0.3, 0.4) is 0 Å². The van der Waals surface area contributed by atoms with Gasteiger partial charge in [0, 0.05) is 6.54 Å². The lowest BCUT2D eigenvalue weighted by Gasteiger charge is -2.24. The van der Waals surface area contributed by atoms with E-state index in [0.717, 1.165) is 19.8 Å². The number of hydrogen-bond acceptors (Lipinski definition) is 2. The van der Waals surface area contributed by atoms with E-state index in [0.29, 0.717) is 6.04 Å². The molecule has 1 unspecified atom stereocenters. The summed E-state index contributed by atoms with van der Waals surface area (Å²) in [6.07, 6.45) is 0. The molecule has 0 aromatic heterocycles. The summed E-state index contributed by atoms with van der Waals surface area (Å²) in [5.74, 6) is 0. The third kappa shape index (κ3) is 2.08. The van der Waals surface area contributed by atoms with Crippen LogP contribution in [0, 0.1) is 6.92 Å². The molecule has 1 heterocycles. The van der Waals surface area contributed by atoms with E-state index in [1.807, 2.05) is 0 Å². The third-order valence-electron chi connectivity index (χ3n) is 2.37. The van der Waals surface area contributed by atoms with Crippen LogP contribution in [0.4, 0.5) is 0 Å². The molecule has 1 aromatic rings. The van der Waals surface area contributed by atoms with Gasteiger partial charge in [-0.3, -0.25) is 0 Å². The largest absolute Gasteiger partial charge is 0.378 e. The molecule has 0 amide bonds. The van der Waals surface area contributed by atoms with Crippen LogP contribution < -0.4 is 5.32 Å². The van der Waals surface area contributed by atoms with Gasteiger partial charge in [-0.15, -0.1) is 0 Å². The Balaban J connectivity index is 2.14. The molecule has 0 saturated carbocycles. The summed E-state index contributed by atoms with van der Waals surface area (Å²) in [6.45, 7) is 4.71. The number of ether oxygens (including phenoxy) is 1. The molecule has 70 valence electrons. The molecule has 2 rings (SSSR count). The van der Waals surface area contributed by atoms with Gasteiger partial charge in [0.05, 0.1) is 19.3 Å². The molecule has 2 nitrogen and oxygen atoms in total. The zero-order valence-electron chi connectivity index (χ0n) is 7.92. The Labute approximate surface area is 78.9 Å². The Bertz CT molecular complexity index is 279. The maximum atomic E-state index is 5.41. The van der Waals surface area contributed by atoms with Crippen molar-refractivity contribution < 1.29 is 4.74 Å². The van der Waals surface area contributed by atoms with Gasteiger partial charge in [-0.2, -0.15) is 0 Å². The topological polar surface area (TPSA) is 21.3 Å². The quantitative estimate of drug-likeness (QED) is 0.704. The van der Waals surface area contributed by atoms with Crippen LogP contribution in [0.1, 0.15) is 17.2 Å². The summed E-state index contributed by atoms with van der Waals surface area (Å²) in [7, 11) is 0. The average molecular weight is 177 g/mol. The SMILES string of the molecule is Cc1cccc(C2COCCN2)c1. The van der Waals surface area contributed by atoms with Crippen molar-refractivity contribution in [2.24, 2.45) is 0 Å². The molecule has 0 radical (unpaired) electrons. The number of aryl methyl sites for hydroxylation is 1. The van der Waals surface area contributed by atoms with Gasteiger partial charge in [0.2, 0.25) is 0 Å². The van der Waals surface area contributed by atoms with Gasteiger partial charge in [0.15, 0.2) is 0 Å². The Kier molecular flexibility index (Phi) is 2.62. The Hall–Kier alpha value is -0.860. The van der Waals surface area contributed by atoms with Crippen molar-refractivity contribution in [1.29, 1.82) is 0 Å². The minimum atomic E-state index is 0.383. The van der Waals surface area contributed by atoms with Gasteiger partial charge in [-0.05, 0) is 12.5 Å². The standard InChI is InChI=1S/C11H15NO/c1-9-3-2-4-10(7-9)11-8-13-6-5-12-11/h2-4,7,11-12H,5-6,8H2,1H3. The highest BCUT2D eigenvalue weighted by atomic mass is 16.5. The summed E-state index contributed by atoms with van der Waals surface area (Å²) in [6, 6.07) is 8.97. The molecular weight excluding hydrogens is 162 g/mol. The highest BCUT2D eigenvalue weighted by molar-refractivity contribution is 5.25. The van der Waals surface area contributed by atoms with Crippen molar-refractivity contribution in [3.05, 3.63) is 35.4 Å². The Morgan fingerprint density at radius 1 is 1.46 bits per heavy atom. The fourth-order valence-electron chi connectivity index (χ4n) is 1.67. The smallest absolute Gasteiger partial charge is 0.0662 e. The second kappa shape index (κ2) is 3.90. The highest BCUT2D eigenvalue weighted by Gasteiger charge is 2.14. The molecule has 1 aliphatic rings. The van der Waals surface area contributed by atoms with Crippen LogP contribution >= 0.6 is 0 Å². The minimum Gasteiger partial charge on any atom is -0.378 e. The van der Waals surface area contributed by atoms with Crippen molar-refractivity contribution >= 4 is 0 Å². The molecule has 0 spiro atoms. The van der Waals surface area contributed by atoms with Crippen LogP contribution in [0.5, 0.6) is 0 Å². The molecule has 0 aliphatic carbocycles. The zero-order chi connectivity index (χ0) is 9.10. The van der Waals surface area contributed by atoms with E-state index in [-0.39, 0.29) is 0 Å². The number of hydrogen-bond donors (Lipinski definition) is 1. The van der Waals surface area contributed by atoms with Crippen LogP contribution in [-0.4, -0.2) is 19.8 Å². The van der Waals surface area contributed by atoms with Gasteiger partial charge in [-0.25, -0.2) is 0 Å². The van der Waals surface area contributed by atoms with Crippen molar-refractivity contribution in [3.8, 4) is 0 Å². The molecule has 1 fully saturated rings. The van der Waals surface area contributed by atoms with E-state index in [4.69, 9.17) is 4.74 Å². The first-order valence-corrected chi connectivity index (χ1v) is 4.74. The lowest BCUT2D eigenvalue weighted by molar-refractivity contribution is 0.0769. The van der Waals surface area contributed by atoms with Gasteiger partial charge < -0.3 is 10.1 Å². The lowest BCUT2D eigenvalue weighted by atomic mass is 10.0. The Morgan fingerprint density at radius 2 is 2.38 bits per heavy atom.